The zero-order valence-corrected chi connectivity index (χ0v) is 20.8. The minimum Gasteiger partial charge on any atom is -0.459 e. The molecule has 6 nitrogen and oxygen atoms in total. The number of thiocarbonyl (C=S) groups is 1. The van der Waals surface area contributed by atoms with Crippen LogP contribution in [-0.2, 0) is 15.7 Å². The Labute approximate surface area is 211 Å². The summed E-state index contributed by atoms with van der Waals surface area (Å²) in [7, 11) is 0. The van der Waals surface area contributed by atoms with Crippen molar-refractivity contribution < 1.29 is 31.9 Å². The van der Waals surface area contributed by atoms with E-state index in [0.717, 1.165) is 17.0 Å². The molecule has 11 heteroatoms. The quantitative estimate of drug-likeness (QED) is 0.265. The first-order chi connectivity index (χ1) is 16.8. The number of carbonyl (C=O) groups excluding carboxylic acids is 2. The Morgan fingerprint density at radius 3 is 2.28 bits per heavy atom. The minimum absolute atomic E-state index is 0.127. The smallest absolute Gasteiger partial charge is 0.417 e. The van der Waals surface area contributed by atoms with E-state index in [2.05, 4.69) is 0 Å². The summed E-state index contributed by atoms with van der Waals surface area (Å²) < 4.78 is 60.7. The molecule has 1 aliphatic heterocycles. The van der Waals surface area contributed by atoms with Gasteiger partial charge in [-0.25, -0.2) is 9.18 Å². The van der Waals surface area contributed by atoms with Crippen LogP contribution in [0.25, 0.3) is 0 Å². The molecule has 0 saturated carbocycles. The van der Waals surface area contributed by atoms with Crippen molar-refractivity contribution in [3.63, 3.8) is 0 Å². The highest BCUT2D eigenvalue weighted by Gasteiger charge is 2.51. The van der Waals surface area contributed by atoms with Crippen molar-refractivity contribution in [1.82, 2.24) is 0 Å². The fourth-order valence-corrected chi connectivity index (χ4v) is 4.46. The van der Waals surface area contributed by atoms with Crippen LogP contribution in [0.2, 0.25) is 0 Å². The van der Waals surface area contributed by atoms with Crippen LogP contribution >= 0.6 is 12.2 Å². The largest absolute Gasteiger partial charge is 0.459 e. The summed E-state index contributed by atoms with van der Waals surface area (Å²) in [6, 6.07) is 7.94. The molecule has 0 radical (unpaired) electrons. The fraction of sp³-hybridized carbons (Fsp3) is 0.360. The first kappa shape index (κ1) is 27.1. The van der Waals surface area contributed by atoms with Crippen molar-refractivity contribution >= 4 is 40.6 Å². The molecule has 1 aliphatic rings. The summed E-state index contributed by atoms with van der Waals surface area (Å²) in [6.07, 6.45) is -4.05. The van der Waals surface area contributed by atoms with Gasteiger partial charge in [-0.15, -0.1) is 0 Å². The molecule has 2 aromatic carbocycles. The molecule has 2 aromatic rings. The van der Waals surface area contributed by atoms with Gasteiger partial charge in [-0.05, 0) is 75.3 Å². The predicted octanol–water partition coefficient (Wildman–Crippen LogP) is 5.98. The number of halogens is 4. The molecule has 1 fully saturated rings. The number of anilines is 2. The number of amides is 1. The third kappa shape index (κ3) is 4.78. The number of carbonyl (C=O) groups is 2. The zero-order valence-electron chi connectivity index (χ0n) is 19.9. The van der Waals surface area contributed by atoms with Gasteiger partial charge in [0, 0.05) is 5.69 Å². The van der Waals surface area contributed by atoms with Crippen molar-refractivity contribution in [2.45, 2.75) is 58.4 Å². The van der Waals surface area contributed by atoms with E-state index in [0.29, 0.717) is 18.9 Å². The molecule has 0 atom stereocenters. The Kier molecular flexibility index (Phi) is 7.41. The molecule has 0 unspecified atom stereocenters. The van der Waals surface area contributed by atoms with Gasteiger partial charge in [0.05, 0.1) is 28.4 Å². The Morgan fingerprint density at radius 2 is 1.75 bits per heavy atom. The summed E-state index contributed by atoms with van der Waals surface area (Å²) in [4.78, 5) is 27.9. The molecule has 0 N–H and O–H groups in total. The minimum atomic E-state index is -4.83. The molecule has 1 heterocycles. The average molecular weight is 522 g/mol. The maximum absolute atomic E-state index is 15.0. The molecule has 190 valence electrons. The van der Waals surface area contributed by atoms with Gasteiger partial charge in [-0.1, -0.05) is 13.8 Å². The lowest BCUT2D eigenvalue weighted by Crippen LogP contribution is -2.44. The first-order valence-corrected chi connectivity index (χ1v) is 11.5. The Morgan fingerprint density at radius 1 is 1.14 bits per heavy atom. The van der Waals surface area contributed by atoms with Crippen LogP contribution in [0.5, 0.6) is 0 Å². The molecule has 0 aliphatic carbocycles. The fourth-order valence-electron chi connectivity index (χ4n) is 3.94. The first-order valence-electron chi connectivity index (χ1n) is 11.1. The highest BCUT2D eigenvalue weighted by molar-refractivity contribution is 7.81. The summed E-state index contributed by atoms with van der Waals surface area (Å²) in [6.45, 7) is 6.66. The van der Waals surface area contributed by atoms with Crippen LogP contribution < -0.4 is 9.80 Å². The summed E-state index contributed by atoms with van der Waals surface area (Å²) >= 11 is 5.44. The second-order valence-electron chi connectivity index (χ2n) is 8.66. The zero-order chi connectivity index (χ0) is 27.0. The monoisotopic (exact) mass is 521 g/mol. The molecule has 0 aromatic heterocycles. The Balaban J connectivity index is 2.01. The van der Waals surface area contributed by atoms with E-state index < -0.39 is 40.5 Å². The van der Waals surface area contributed by atoms with E-state index in [1.807, 2.05) is 13.8 Å². The number of esters is 1. The Hall–Kier alpha value is -3.52. The number of ether oxygens (including phenoxy) is 1. The molecular formula is C25H23F4N3O3S. The number of rotatable bonds is 6. The molecular weight excluding hydrogens is 498 g/mol. The second-order valence-corrected chi connectivity index (χ2v) is 9.03. The van der Waals surface area contributed by atoms with Crippen LogP contribution in [0.3, 0.4) is 0 Å². The van der Waals surface area contributed by atoms with Gasteiger partial charge in [-0.2, -0.15) is 18.4 Å². The summed E-state index contributed by atoms with van der Waals surface area (Å²) in [5.41, 5.74) is -3.55. The van der Waals surface area contributed by atoms with Gasteiger partial charge in [0.2, 0.25) is 0 Å². The summed E-state index contributed by atoms with van der Waals surface area (Å²) in [5, 5.41) is 8.86. The normalized spacial score (nSPS) is 15.4. The van der Waals surface area contributed by atoms with E-state index in [4.69, 9.17) is 22.2 Å². The second kappa shape index (κ2) is 9.85. The van der Waals surface area contributed by atoms with Crippen LogP contribution in [0, 0.1) is 17.1 Å². The third-order valence-electron chi connectivity index (χ3n) is 5.97. The van der Waals surface area contributed by atoms with Gasteiger partial charge in [0.1, 0.15) is 17.5 Å². The van der Waals surface area contributed by atoms with Gasteiger partial charge in [0.15, 0.2) is 5.11 Å². The van der Waals surface area contributed by atoms with Gasteiger partial charge in [-0.3, -0.25) is 9.69 Å². The molecule has 3 rings (SSSR count). The van der Waals surface area contributed by atoms with Crippen LogP contribution in [0.1, 0.15) is 62.0 Å². The topological polar surface area (TPSA) is 73.6 Å². The predicted molar refractivity (Wildman–Crippen MR) is 129 cm³/mol. The van der Waals surface area contributed by atoms with Crippen molar-refractivity contribution in [2.24, 2.45) is 0 Å². The maximum atomic E-state index is 15.0. The number of alkyl halides is 3. The van der Waals surface area contributed by atoms with Gasteiger partial charge < -0.3 is 9.64 Å². The standard InChI is InChI=1S/C25H23F4N3O3S/c1-5-17(6-2)35-21(33)18-10-9-16(12-20(18)26)32-23(36)31(22(34)24(32,3)4)15-8-7-14(13-30)19(11-15)25(27,28)29/h7-12,17H,5-6H2,1-4H3. The van der Waals surface area contributed by atoms with Gasteiger partial charge >= 0.3 is 12.1 Å². The Bertz CT molecular complexity index is 1270. The molecule has 0 spiro atoms. The lowest BCUT2D eigenvalue weighted by molar-refractivity contribution is -0.137. The maximum Gasteiger partial charge on any atom is 0.417 e. The van der Waals surface area contributed by atoms with Crippen LogP contribution in [0.15, 0.2) is 36.4 Å². The van der Waals surface area contributed by atoms with E-state index >= 15 is 0 Å². The van der Waals surface area contributed by atoms with E-state index in [-0.39, 0.29) is 28.2 Å². The van der Waals surface area contributed by atoms with E-state index in [1.165, 1.54) is 43.0 Å². The highest BCUT2D eigenvalue weighted by Crippen LogP contribution is 2.40. The molecule has 0 bridgehead atoms. The lowest BCUT2D eigenvalue weighted by Gasteiger charge is -2.29. The summed E-state index contributed by atoms with van der Waals surface area (Å²) in [5.74, 6) is -2.38. The number of hydrogen-bond donors (Lipinski definition) is 0. The number of hydrogen-bond acceptors (Lipinski definition) is 5. The number of benzene rings is 2. The van der Waals surface area contributed by atoms with Gasteiger partial charge in [0.25, 0.3) is 5.91 Å². The molecule has 1 amide bonds. The van der Waals surface area contributed by atoms with Crippen molar-refractivity contribution in [3.8, 4) is 6.07 Å². The SMILES string of the molecule is CCC(CC)OC(=O)c1ccc(N2C(=S)N(c3ccc(C#N)c(C(F)(F)F)c3)C(=O)C2(C)C)cc1F. The van der Waals surface area contributed by atoms with Crippen LogP contribution in [0.4, 0.5) is 28.9 Å². The van der Waals surface area contributed by atoms with Crippen molar-refractivity contribution in [3.05, 3.63) is 58.9 Å². The third-order valence-corrected chi connectivity index (χ3v) is 6.34. The number of nitrogens with zero attached hydrogens (tertiary/aromatic N) is 3. The highest BCUT2D eigenvalue weighted by atomic mass is 32.1. The van der Waals surface area contributed by atoms with E-state index in [9.17, 15) is 27.2 Å². The van der Waals surface area contributed by atoms with Crippen molar-refractivity contribution in [2.75, 3.05) is 9.80 Å². The lowest BCUT2D eigenvalue weighted by atomic mass is 10.0. The average Bonchev–Trinajstić information content (AvgIpc) is 2.99. The molecule has 36 heavy (non-hydrogen) atoms. The number of nitriles is 1. The van der Waals surface area contributed by atoms with Crippen LogP contribution in [-0.4, -0.2) is 28.6 Å². The van der Waals surface area contributed by atoms with Crippen molar-refractivity contribution in [1.29, 1.82) is 5.26 Å². The molecule has 1 saturated heterocycles. The van der Waals surface area contributed by atoms with E-state index in [1.54, 1.807) is 0 Å².